The molecular formula is C20H21BrN2O2. The average molecular weight is 401 g/mol. The summed E-state index contributed by atoms with van der Waals surface area (Å²) < 4.78 is 6.16. The Morgan fingerprint density at radius 3 is 2.68 bits per heavy atom. The van der Waals surface area contributed by atoms with E-state index in [1.807, 2.05) is 56.3 Å². The van der Waals surface area contributed by atoms with Crippen LogP contribution < -0.4 is 10.1 Å². The fourth-order valence-electron chi connectivity index (χ4n) is 3.01. The summed E-state index contributed by atoms with van der Waals surface area (Å²) in [4.78, 5) is 16.0. The lowest BCUT2D eigenvalue weighted by atomic mass is 10.0. The first-order chi connectivity index (χ1) is 12.0. The van der Waals surface area contributed by atoms with Gasteiger partial charge >= 0.3 is 0 Å². The Morgan fingerprint density at radius 2 is 1.96 bits per heavy atom. The number of fused-ring (bicyclic) bond motifs is 1. The van der Waals surface area contributed by atoms with Crippen LogP contribution in [0, 0.1) is 0 Å². The predicted molar refractivity (Wildman–Crippen MR) is 104 cm³/mol. The molecule has 0 saturated carbocycles. The van der Waals surface area contributed by atoms with Crippen molar-refractivity contribution in [2.24, 2.45) is 0 Å². The van der Waals surface area contributed by atoms with Crippen molar-refractivity contribution < 1.29 is 9.53 Å². The molecule has 0 amide bonds. The van der Waals surface area contributed by atoms with Gasteiger partial charge in [-0.25, -0.2) is 0 Å². The van der Waals surface area contributed by atoms with Crippen LogP contribution >= 0.6 is 15.9 Å². The molecule has 5 heteroatoms. The molecule has 0 unspecified atom stereocenters. The van der Waals surface area contributed by atoms with E-state index in [0.717, 1.165) is 32.3 Å². The Bertz CT molecular complexity index is 904. The highest BCUT2D eigenvalue weighted by Gasteiger charge is 2.21. The second-order valence-electron chi connectivity index (χ2n) is 6.12. The van der Waals surface area contributed by atoms with Gasteiger partial charge in [-0.15, -0.1) is 0 Å². The number of hydrogen-bond acceptors (Lipinski definition) is 3. The highest BCUT2D eigenvalue weighted by Crippen LogP contribution is 2.28. The van der Waals surface area contributed by atoms with Gasteiger partial charge in [0.15, 0.2) is 5.78 Å². The molecule has 3 aromatic rings. The van der Waals surface area contributed by atoms with E-state index in [0.29, 0.717) is 0 Å². The number of methoxy groups -OCH3 is 1. The van der Waals surface area contributed by atoms with Crippen molar-refractivity contribution in [3.8, 4) is 5.75 Å². The van der Waals surface area contributed by atoms with Gasteiger partial charge < -0.3 is 15.0 Å². The van der Waals surface area contributed by atoms with Crippen molar-refractivity contribution in [1.29, 1.82) is 0 Å². The van der Waals surface area contributed by atoms with Crippen LogP contribution in [0.4, 0.5) is 0 Å². The molecule has 3 rings (SSSR count). The van der Waals surface area contributed by atoms with Gasteiger partial charge in [-0.2, -0.15) is 0 Å². The highest BCUT2D eigenvalue weighted by atomic mass is 79.9. The lowest BCUT2D eigenvalue weighted by Crippen LogP contribution is -2.35. The van der Waals surface area contributed by atoms with Crippen molar-refractivity contribution >= 4 is 32.6 Å². The number of aromatic nitrogens is 1. The van der Waals surface area contributed by atoms with Crippen LogP contribution in [0.25, 0.3) is 10.9 Å². The number of H-pyrrole nitrogens is 1. The second kappa shape index (κ2) is 7.42. The zero-order valence-corrected chi connectivity index (χ0v) is 16.1. The van der Waals surface area contributed by atoms with Crippen LogP contribution in [0.3, 0.4) is 0 Å². The summed E-state index contributed by atoms with van der Waals surface area (Å²) >= 11 is 3.51. The topological polar surface area (TPSA) is 54.1 Å². The van der Waals surface area contributed by atoms with Crippen molar-refractivity contribution in [2.75, 3.05) is 7.11 Å². The Balaban J connectivity index is 1.76. The van der Waals surface area contributed by atoms with Gasteiger partial charge in [-0.1, -0.05) is 24.3 Å². The van der Waals surface area contributed by atoms with E-state index in [1.165, 1.54) is 0 Å². The molecule has 0 aliphatic heterocycles. The number of rotatable bonds is 6. The molecule has 0 aliphatic rings. The van der Waals surface area contributed by atoms with E-state index in [2.05, 4.69) is 26.2 Å². The monoisotopic (exact) mass is 400 g/mol. The largest absolute Gasteiger partial charge is 0.496 e. The fourth-order valence-corrected chi connectivity index (χ4v) is 3.57. The molecule has 130 valence electrons. The summed E-state index contributed by atoms with van der Waals surface area (Å²) in [7, 11) is 1.64. The van der Waals surface area contributed by atoms with Gasteiger partial charge in [0.2, 0.25) is 0 Å². The minimum absolute atomic E-state index is 0.0337. The molecule has 1 heterocycles. The van der Waals surface area contributed by atoms with Crippen molar-refractivity contribution in [3.63, 3.8) is 0 Å². The smallest absolute Gasteiger partial charge is 0.181 e. The molecule has 0 spiro atoms. The first kappa shape index (κ1) is 17.7. The maximum atomic E-state index is 12.8. The van der Waals surface area contributed by atoms with E-state index >= 15 is 0 Å². The summed E-state index contributed by atoms with van der Waals surface area (Å²) in [5, 5.41) is 4.35. The van der Waals surface area contributed by atoms with Crippen LogP contribution in [-0.2, 0) is 0 Å². The molecular weight excluding hydrogens is 380 g/mol. The van der Waals surface area contributed by atoms with Gasteiger partial charge in [0.1, 0.15) is 5.75 Å². The van der Waals surface area contributed by atoms with E-state index in [-0.39, 0.29) is 17.9 Å². The van der Waals surface area contributed by atoms with Crippen LogP contribution in [-0.4, -0.2) is 23.9 Å². The van der Waals surface area contributed by atoms with Gasteiger partial charge in [0.05, 0.1) is 17.6 Å². The summed E-state index contributed by atoms with van der Waals surface area (Å²) in [6.07, 6.45) is 1.79. The Labute approximate surface area is 155 Å². The Hall–Kier alpha value is -2.11. The number of benzene rings is 2. The van der Waals surface area contributed by atoms with Gasteiger partial charge in [0.25, 0.3) is 0 Å². The molecule has 0 fully saturated rings. The van der Waals surface area contributed by atoms with Gasteiger partial charge in [0, 0.05) is 28.7 Å². The number of para-hydroxylation sites is 1. The number of aromatic amines is 1. The minimum atomic E-state index is -0.296. The maximum Gasteiger partial charge on any atom is 0.181 e. The van der Waals surface area contributed by atoms with Crippen molar-refractivity contribution in [1.82, 2.24) is 10.3 Å². The number of carbonyl (C=O) groups excluding carboxylic acids is 1. The van der Waals surface area contributed by atoms with Crippen LogP contribution in [0.15, 0.2) is 53.1 Å². The molecule has 4 nitrogen and oxygen atoms in total. The molecule has 0 bridgehead atoms. The fraction of sp³-hybridized carbons (Fsp3) is 0.250. The highest BCUT2D eigenvalue weighted by molar-refractivity contribution is 9.10. The molecule has 0 aliphatic carbocycles. The normalized spacial score (nSPS) is 13.6. The SMILES string of the molecule is COc1ccc([C@@H](C)N[C@@H](C)C(=O)c2c[nH]c3ccccc23)cc1Br. The van der Waals surface area contributed by atoms with E-state index in [4.69, 9.17) is 4.74 Å². The molecule has 0 saturated heterocycles. The zero-order valence-electron chi connectivity index (χ0n) is 14.5. The summed E-state index contributed by atoms with van der Waals surface area (Å²) in [6, 6.07) is 13.5. The third-order valence-corrected chi connectivity index (χ3v) is 5.04. The summed E-state index contributed by atoms with van der Waals surface area (Å²) in [6.45, 7) is 3.95. The quantitative estimate of drug-likeness (QED) is 0.580. The number of hydrogen-bond donors (Lipinski definition) is 2. The third-order valence-electron chi connectivity index (χ3n) is 4.42. The van der Waals surface area contributed by atoms with Gasteiger partial charge in [-0.3, -0.25) is 4.79 Å². The average Bonchev–Trinajstić information content (AvgIpc) is 3.04. The molecule has 25 heavy (non-hydrogen) atoms. The van der Waals surface area contributed by atoms with Crippen LogP contribution in [0.2, 0.25) is 0 Å². The standard InChI is InChI=1S/C20H21BrN2O2/c1-12(14-8-9-19(25-3)17(21)10-14)23-13(2)20(24)16-11-22-18-7-5-4-6-15(16)18/h4-13,22-23H,1-3H3/t12-,13+/m1/s1. The lowest BCUT2D eigenvalue weighted by molar-refractivity contribution is 0.0947. The van der Waals surface area contributed by atoms with Crippen molar-refractivity contribution in [2.45, 2.75) is 25.9 Å². The number of halogens is 1. The number of ether oxygens (including phenoxy) is 1. The number of carbonyl (C=O) groups is 1. The van der Waals surface area contributed by atoms with Crippen molar-refractivity contribution in [3.05, 3.63) is 64.3 Å². The second-order valence-corrected chi connectivity index (χ2v) is 6.97. The van der Waals surface area contributed by atoms with Gasteiger partial charge in [-0.05, 0) is 53.5 Å². The van der Waals surface area contributed by atoms with E-state index < -0.39 is 0 Å². The molecule has 2 aromatic carbocycles. The summed E-state index contributed by atoms with van der Waals surface area (Å²) in [5.41, 5.74) is 2.79. The number of Topliss-reactive ketones (excluding diaryl/α,β-unsaturated/α-hetero) is 1. The van der Waals surface area contributed by atoms with E-state index in [9.17, 15) is 4.79 Å². The first-order valence-electron chi connectivity index (χ1n) is 8.21. The van der Waals surface area contributed by atoms with Crippen LogP contribution in [0.5, 0.6) is 5.75 Å². The lowest BCUT2D eigenvalue weighted by Gasteiger charge is -2.20. The Kier molecular flexibility index (Phi) is 5.25. The number of nitrogens with one attached hydrogen (secondary N) is 2. The number of ketones is 1. The molecule has 2 atom stereocenters. The van der Waals surface area contributed by atoms with E-state index in [1.54, 1.807) is 13.3 Å². The minimum Gasteiger partial charge on any atom is -0.496 e. The maximum absolute atomic E-state index is 12.8. The third kappa shape index (κ3) is 3.62. The first-order valence-corrected chi connectivity index (χ1v) is 9.00. The predicted octanol–water partition coefficient (Wildman–Crippen LogP) is 4.86. The molecule has 2 N–H and O–H groups in total. The zero-order chi connectivity index (χ0) is 18.0. The molecule has 1 aromatic heterocycles. The molecule has 0 radical (unpaired) electrons. The van der Waals surface area contributed by atoms with Crippen LogP contribution in [0.1, 0.15) is 35.8 Å². The Morgan fingerprint density at radius 1 is 1.20 bits per heavy atom. The summed E-state index contributed by atoms with van der Waals surface area (Å²) in [5.74, 6) is 0.871.